The fraction of sp³-hybridized carbons (Fsp3) is 0.435. The van der Waals surface area contributed by atoms with Crippen LogP contribution in [0.15, 0.2) is 42.5 Å². The number of amides is 1. The van der Waals surface area contributed by atoms with Crippen LogP contribution < -0.4 is 4.90 Å². The zero-order valence-electron chi connectivity index (χ0n) is 16.6. The smallest absolute Gasteiger partial charge is 0.257 e. The molecule has 0 unspecified atom stereocenters. The van der Waals surface area contributed by atoms with Gasteiger partial charge in [0.25, 0.3) is 5.91 Å². The van der Waals surface area contributed by atoms with Crippen LogP contribution in [0.2, 0.25) is 0 Å². The van der Waals surface area contributed by atoms with Crippen molar-refractivity contribution in [3.05, 3.63) is 59.2 Å². The molecule has 1 amide bonds. The molecule has 4 heteroatoms. The van der Waals surface area contributed by atoms with Crippen molar-refractivity contribution in [2.75, 3.05) is 25.0 Å². The van der Waals surface area contributed by atoms with Crippen LogP contribution in [-0.4, -0.2) is 36.1 Å². The molecule has 1 aliphatic rings. The Hall–Kier alpha value is -2.49. The Bertz CT molecular complexity index is 777. The number of carbonyl (C=O) groups is 1. The zero-order chi connectivity index (χ0) is 19.4. The molecule has 1 aliphatic heterocycles. The van der Waals surface area contributed by atoms with Crippen LogP contribution in [0.1, 0.15) is 60.5 Å². The number of hydrogen-bond acceptors (Lipinski definition) is 3. The van der Waals surface area contributed by atoms with Gasteiger partial charge < -0.3 is 14.9 Å². The van der Waals surface area contributed by atoms with Gasteiger partial charge in [0, 0.05) is 32.4 Å². The van der Waals surface area contributed by atoms with E-state index < -0.39 is 0 Å². The third kappa shape index (κ3) is 4.62. The summed E-state index contributed by atoms with van der Waals surface area (Å²) in [4.78, 5) is 16.9. The minimum atomic E-state index is -0.157. The molecule has 1 N–H and O–H groups in total. The maximum Gasteiger partial charge on any atom is 0.257 e. The average Bonchev–Trinajstić information content (AvgIpc) is 2.69. The Morgan fingerprint density at radius 2 is 1.74 bits per heavy atom. The second-order valence-corrected chi connectivity index (χ2v) is 7.81. The van der Waals surface area contributed by atoms with Gasteiger partial charge >= 0.3 is 0 Å². The highest BCUT2D eigenvalue weighted by Crippen LogP contribution is 2.25. The number of piperidine rings is 1. The number of aromatic hydroxyl groups is 1. The number of rotatable bonds is 5. The van der Waals surface area contributed by atoms with Crippen molar-refractivity contribution in [2.24, 2.45) is 0 Å². The summed E-state index contributed by atoms with van der Waals surface area (Å²) in [5.41, 5.74) is 3.77. The number of phenols is 1. The van der Waals surface area contributed by atoms with Gasteiger partial charge in [0.1, 0.15) is 5.75 Å². The molecule has 27 heavy (non-hydrogen) atoms. The Morgan fingerprint density at radius 1 is 1.07 bits per heavy atom. The van der Waals surface area contributed by atoms with E-state index >= 15 is 0 Å². The lowest BCUT2D eigenvalue weighted by Crippen LogP contribution is -2.29. The topological polar surface area (TPSA) is 43.8 Å². The van der Waals surface area contributed by atoms with E-state index in [2.05, 4.69) is 43.0 Å². The van der Waals surface area contributed by atoms with Crippen LogP contribution in [0.5, 0.6) is 5.75 Å². The van der Waals surface area contributed by atoms with E-state index in [0.717, 1.165) is 24.2 Å². The van der Waals surface area contributed by atoms with E-state index in [-0.39, 0.29) is 11.7 Å². The van der Waals surface area contributed by atoms with E-state index in [1.54, 1.807) is 24.1 Å². The second-order valence-electron chi connectivity index (χ2n) is 7.81. The standard InChI is InChI=1S/C23H30N2O2/c1-17(2)19-9-12-22(26)21(15-19)23(27)24(3)16-18-7-10-20(11-8-18)25-13-5-4-6-14-25/h7-12,15,17,26H,4-6,13-14,16H2,1-3H3. The third-order valence-corrected chi connectivity index (χ3v) is 5.34. The highest BCUT2D eigenvalue weighted by molar-refractivity contribution is 5.96. The van der Waals surface area contributed by atoms with Crippen molar-refractivity contribution in [2.45, 2.75) is 45.6 Å². The van der Waals surface area contributed by atoms with Gasteiger partial charge in [-0.05, 0) is 60.6 Å². The molecule has 0 spiro atoms. The van der Waals surface area contributed by atoms with Gasteiger partial charge in [0.15, 0.2) is 0 Å². The number of nitrogens with zero attached hydrogens (tertiary/aromatic N) is 2. The van der Waals surface area contributed by atoms with E-state index in [1.807, 2.05) is 6.07 Å². The largest absolute Gasteiger partial charge is 0.507 e. The number of benzene rings is 2. The van der Waals surface area contributed by atoms with Crippen LogP contribution in [0.3, 0.4) is 0 Å². The highest BCUT2D eigenvalue weighted by Gasteiger charge is 2.18. The first-order valence-electron chi connectivity index (χ1n) is 9.88. The fourth-order valence-electron chi connectivity index (χ4n) is 3.60. The second kappa shape index (κ2) is 8.47. The maximum atomic E-state index is 12.8. The van der Waals surface area contributed by atoms with Crippen molar-refractivity contribution in [1.82, 2.24) is 4.90 Å². The van der Waals surface area contributed by atoms with E-state index in [9.17, 15) is 9.90 Å². The highest BCUT2D eigenvalue weighted by atomic mass is 16.3. The minimum absolute atomic E-state index is 0.0386. The third-order valence-electron chi connectivity index (χ3n) is 5.34. The van der Waals surface area contributed by atoms with Crippen LogP contribution in [0.4, 0.5) is 5.69 Å². The summed E-state index contributed by atoms with van der Waals surface area (Å²) in [6, 6.07) is 13.8. The molecule has 144 valence electrons. The molecule has 0 radical (unpaired) electrons. The average molecular weight is 367 g/mol. The van der Waals surface area contributed by atoms with Crippen molar-refractivity contribution >= 4 is 11.6 Å². The van der Waals surface area contributed by atoms with Gasteiger partial charge in [-0.1, -0.05) is 32.0 Å². The predicted octanol–water partition coefficient (Wildman–Crippen LogP) is 4.78. The van der Waals surface area contributed by atoms with Gasteiger partial charge in [-0.2, -0.15) is 0 Å². The van der Waals surface area contributed by atoms with Crippen molar-refractivity contribution < 1.29 is 9.90 Å². The molecule has 4 nitrogen and oxygen atoms in total. The molecular formula is C23H30N2O2. The molecule has 1 saturated heterocycles. The SMILES string of the molecule is CC(C)c1ccc(O)c(C(=O)N(C)Cc2ccc(N3CCCCC3)cc2)c1. The molecular weight excluding hydrogens is 336 g/mol. The summed E-state index contributed by atoms with van der Waals surface area (Å²) in [5.74, 6) is 0.191. The summed E-state index contributed by atoms with van der Waals surface area (Å²) >= 11 is 0. The maximum absolute atomic E-state index is 12.8. The lowest BCUT2D eigenvalue weighted by atomic mass is 9.99. The number of carbonyl (C=O) groups excluding carboxylic acids is 1. The van der Waals surface area contributed by atoms with Gasteiger partial charge in [-0.15, -0.1) is 0 Å². The first kappa shape index (κ1) is 19.3. The Labute approximate surface area is 162 Å². The quantitative estimate of drug-likeness (QED) is 0.828. The summed E-state index contributed by atoms with van der Waals surface area (Å²) in [7, 11) is 1.78. The van der Waals surface area contributed by atoms with Crippen LogP contribution >= 0.6 is 0 Å². The molecule has 1 heterocycles. The van der Waals surface area contributed by atoms with Crippen LogP contribution in [-0.2, 0) is 6.54 Å². The summed E-state index contributed by atoms with van der Waals surface area (Å²) in [6.07, 6.45) is 3.85. The monoisotopic (exact) mass is 366 g/mol. The molecule has 0 bridgehead atoms. The van der Waals surface area contributed by atoms with Crippen molar-refractivity contribution in [3.63, 3.8) is 0 Å². The van der Waals surface area contributed by atoms with E-state index in [4.69, 9.17) is 0 Å². The van der Waals surface area contributed by atoms with Crippen LogP contribution in [0.25, 0.3) is 0 Å². The molecule has 0 aromatic heterocycles. The fourth-order valence-corrected chi connectivity index (χ4v) is 3.60. The number of hydrogen-bond donors (Lipinski definition) is 1. The Morgan fingerprint density at radius 3 is 2.37 bits per heavy atom. The van der Waals surface area contributed by atoms with Crippen LogP contribution in [0, 0.1) is 0 Å². The lowest BCUT2D eigenvalue weighted by Gasteiger charge is -2.29. The Balaban J connectivity index is 1.68. The molecule has 0 atom stereocenters. The van der Waals surface area contributed by atoms with Gasteiger partial charge in [0.2, 0.25) is 0 Å². The molecule has 2 aromatic carbocycles. The van der Waals surface area contributed by atoms with Gasteiger partial charge in [0.05, 0.1) is 5.56 Å². The molecule has 0 saturated carbocycles. The Kier molecular flexibility index (Phi) is 6.04. The number of phenolic OH excluding ortho intramolecular Hbond substituents is 1. The lowest BCUT2D eigenvalue weighted by molar-refractivity contribution is 0.0782. The molecule has 3 rings (SSSR count). The summed E-state index contributed by atoms with van der Waals surface area (Å²) in [6.45, 7) is 6.93. The summed E-state index contributed by atoms with van der Waals surface area (Å²) in [5, 5.41) is 10.1. The first-order chi connectivity index (χ1) is 13.0. The van der Waals surface area contributed by atoms with Crippen molar-refractivity contribution in [3.8, 4) is 5.75 Å². The van der Waals surface area contributed by atoms with E-state index in [0.29, 0.717) is 18.0 Å². The molecule has 2 aromatic rings. The van der Waals surface area contributed by atoms with E-state index in [1.165, 1.54) is 24.9 Å². The van der Waals surface area contributed by atoms with Crippen molar-refractivity contribution in [1.29, 1.82) is 0 Å². The van der Waals surface area contributed by atoms with Gasteiger partial charge in [-0.3, -0.25) is 4.79 Å². The zero-order valence-corrected chi connectivity index (χ0v) is 16.6. The first-order valence-corrected chi connectivity index (χ1v) is 9.88. The number of anilines is 1. The predicted molar refractivity (Wildman–Crippen MR) is 110 cm³/mol. The molecule has 0 aliphatic carbocycles. The molecule has 1 fully saturated rings. The minimum Gasteiger partial charge on any atom is -0.507 e. The van der Waals surface area contributed by atoms with Gasteiger partial charge in [-0.25, -0.2) is 0 Å². The normalized spacial score (nSPS) is 14.4. The summed E-state index contributed by atoms with van der Waals surface area (Å²) < 4.78 is 0.